The first kappa shape index (κ1) is 21.3. The fourth-order valence-corrected chi connectivity index (χ4v) is 3.74. The molecule has 7 nitrogen and oxygen atoms in total. The molecule has 1 saturated heterocycles. The Labute approximate surface area is 173 Å². The molecule has 2 amide bonds. The Balaban J connectivity index is 1.69. The number of methoxy groups -OCH3 is 1. The monoisotopic (exact) mass is 399 g/mol. The average molecular weight is 400 g/mol. The number of benzene rings is 1. The first-order chi connectivity index (χ1) is 13.8. The predicted octanol–water partition coefficient (Wildman–Crippen LogP) is 2.95. The minimum Gasteiger partial charge on any atom is -0.383 e. The van der Waals surface area contributed by atoms with Gasteiger partial charge in [-0.1, -0.05) is 51.1 Å². The molecule has 0 aliphatic carbocycles. The van der Waals surface area contributed by atoms with E-state index in [1.165, 1.54) is 5.56 Å². The topological polar surface area (TPSA) is 71.4 Å². The highest BCUT2D eigenvalue weighted by molar-refractivity contribution is 5.88. The number of aryl methyl sites for hydroxylation is 1. The normalized spacial score (nSPS) is 20.0. The molecule has 0 saturated carbocycles. The quantitative estimate of drug-likeness (QED) is 0.783. The van der Waals surface area contributed by atoms with E-state index in [2.05, 4.69) is 53.5 Å². The Morgan fingerprint density at radius 2 is 1.97 bits per heavy atom. The van der Waals surface area contributed by atoms with Crippen LogP contribution in [0.15, 0.2) is 36.4 Å². The number of amides is 2. The first-order valence-corrected chi connectivity index (χ1v) is 10.2. The molecule has 7 heteroatoms. The van der Waals surface area contributed by atoms with Crippen molar-refractivity contribution in [1.82, 2.24) is 20.0 Å². The van der Waals surface area contributed by atoms with Crippen LogP contribution >= 0.6 is 0 Å². The van der Waals surface area contributed by atoms with E-state index in [1.807, 2.05) is 31.3 Å². The number of urea groups is 1. The number of nitrogens with zero attached hydrogens (tertiary/aromatic N) is 3. The molecule has 0 bridgehead atoms. The van der Waals surface area contributed by atoms with Crippen LogP contribution in [0.4, 0.5) is 10.6 Å². The molecule has 1 aromatic heterocycles. The Hall–Kier alpha value is -2.38. The van der Waals surface area contributed by atoms with E-state index in [1.54, 1.807) is 11.8 Å². The molecule has 1 aliphatic rings. The molecule has 2 N–H and O–H groups in total. The second-order valence-electron chi connectivity index (χ2n) is 8.76. The van der Waals surface area contributed by atoms with Crippen LogP contribution in [-0.2, 0) is 17.2 Å². The smallest absolute Gasteiger partial charge is 0.320 e. The fraction of sp³-hybridized carbons (Fsp3) is 0.545. The van der Waals surface area contributed by atoms with Gasteiger partial charge in [0.15, 0.2) is 0 Å². The van der Waals surface area contributed by atoms with Gasteiger partial charge in [0.2, 0.25) is 0 Å². The van der Waals surface area contributed by atoms with Crippen molar-refractivity contribution in [3.05, 3.63) is 47.7 Å². The van der Waals surface area contributed by atoms with Gasteiger partial charge in [-0.2, -0.15) is 5.10 Å². The molecule has 2 heterocycles. The van der Waals surface area contributed by atoms with E-state index in [0.717, 1.165) is 25.3 Å². The van der Waals surface area contributed by atoms with Gasteiger partial charge in [-0.05, 0) is 5.56 Å². The van der Waals surface area contributed by atoms with Crippen LogP contribution in [0, 0.1) is 0 Å². The van der Waals surface area contributed by atoms with E-state index in [9.17, 15) is 4.79 Å². The van der Waals surface area contributed by atoms with Gasteiger partial charge in [0.1, 0.15) is 5.82 Å². The van der Waals surface area contributed by atoms with Crippen LogP contribution in [-0.4, -0.2) is 60.1 Å². The highest BCUT2D eigenvalue weighted by atomic mass is 16.5. The maximum Gasteiger partial charge on any atom is 0.320 e. The number of likely N-dealkylation sites (tertiary alicyclic amines) is 1. The molecule has 2 unspecified atom stereocenters. The molecule has 0 radical (unpaired) electrons. The summed E-state index contributed by atoms with van der Waals surface area (Å²) in [5, 5.41) is 10.7. The largest absolute Gasteiger partial charge is 0.383 e. The highest BCUT2D eigenvalue weighted by Gasteiger charge is 2.34. The summed E-state index contributed by atoms with van der Waals surface area (Å²) in [5.41, 5.74) is 2.12. The predicted molar refractivity (Wildman–Crippen MR) is 115 cm³/mol. The van der Waals surface area contributed by atoms with E-state index >= 15 is 0 Å². The summed E-state index contributed by atoms with van der Waals surface area (Å²) in [4.78, 5) is 15.1. The van der Waals surface area contributed by atoms with E-state index < -0.39 is 0 Å². The molecule has 1 aromatic carbocycles. The summed E-state index contributed by atoms with van der Waals surface area (Å²) in [6.45, 7) is 9.57. The number of hydrogen-bond acceptors (Lipinski definition) is 4. The molecule has 1 aliphatic heterocycles. The fourth-order valence-electron chi connectivity index (χ4n) is 3.74. The second-order valence-corrected chi connectivity index (χ2v) is 8.76. The summed E-state index contributed by atoms with van der Waals surface area (Å²) < 4.78 is 6.95. The van der Waals surface area contributed by atoms with Gasteiger partial charge in [-0.15, -0.1) is 0 Å². The van der Waals surface area contributed by atoms with Gasteiger partial charge in [0.25, 0.3) is 0 Å². The van der Waals surface area contributed by atoms with Crippen LogP contribution in [0.3, 0.4) is 0 Å². The average Bonchev–Trinajstić information content (AvgIpc) is 3.24. The number of carbonyl (C=O) groups is 1. The molecular formula is C22H33N5O2. The van der Waals surface area contributed by atoms with Crippen molar-refractivity contribution in [2.75, 3.05) is 38.7 Å². The molecule has 3 rings (SSSR count). The Bertz CT molecular complexity index is 812. The summed E-state index contributed by atoms with van der Waals surface area (Å²) in [6, 6.07) is 12.2. The zero-order valence-corrected chi connectivity index (χ0v) is 18.1. The Morgan fingerprint density at radius 3 is 2.59 bits per heavy atom. The maximum atomic E-state index is 12.8. The third kappa shape index (κ3) is 5.36. The third-order valence-electron chi connectivity index (χ3n) is 5.44. The van der Waals surface area contributed by atoms with E-state index in [4.69, 9.17) is 4.74 Å². The lowest BCUT2D eigenvalue weighted by atomic mass is 9.92. The van der Waals surface area contributed by atoms with Gasteiger partial charge in [-0.3, -0.25) is 14.9 Å². The van der Waals surface area contributed by atoms with Crippen LogP contribution < -0.4 is 10.6 Å². The van der Waals surface area contributed by atoms with Gasteiger partial charge in [-0.25, -0.2) is 4.79 Å². The first-order valence-electron chi connectivity index (χ1n) is 10.2. The molecule has 2 aromatic rings. The number of aromatic nitrogens is 2. The van der Waals surface area contributed by atoms with Crippen LogP contribution in [0.5, 0.6) is 0 Å². The van der Waals surface area contributed by atoms with E-state index in [0.29, 0.717) is 12.4 Å². The van der Waals surface area contributed by atoms with Crippen molar-refractivity contribution in [1.29, 1.82) is 0 Å². The third-order valence-corrected chi connectivity index (χ3v) is 5.44. The van der Waals surface area contributed by atoms with E-state index in [-0.39, 0.29) is 23.4 Å². The maximum absolute atomic E-state index is 12.8. The Kier molecular flexibility index (Phi) is 6.59. The van der Waals surface area contributed by atoms with Crippen LogP contribution in [0.2, 0.25) is 0 Å². The molecular weight excluding hydrogens is 366 g/mol. The number of carbonyl (C=O) groups excluding carboxylic acids is 1. The lowest BCUT2D eigenvalue weighted by molar-refractivity contribution is 0.159. The van der Waals surface area contributed by atoms with Gasteiger partial charge in [0.05, 0.1) is 18.3 Å². The summed E-state index contributed by atoms with van der Waals surface area (Å²) in [5.74, 6) is 0.938. The van der Waals surface area contributed by atoms with Crippen molar-refractivity contribution >= 4 is 11.8 Å². The summed E-state index contributed by atoms with van der Waals surface area (Å²) in [7, 11) is 3.56. The number of hydrogen-bond donors (Lipinski definition) is 2. The van der Waals surface area contributed by atoms with Gasteiger partial charge in [0, 0.05) is 51.2 Å². The number of rotatable bonds is 6. The number of ether oxygens (including phenoxy) is 1. The molecule has 1 fully saturated rings. The molecule has 158 valence electrons. The van der Waals surface area contributed by atoms with Crippen molar-refractivity contribution < 1.29 is 9.53 Å². The lowest BCUT2D eigenvalue weighted by Gasteiger charge is -2.20. The lowest BCUT2D eigenvalue weighted by Crippen LogP contribution is -2.42. The van der Waals surface area contributed by atoms with Gasteiger partial charge < -0.3 is 10.1 Å². The highest BCUT2D eigenvalue weighted by Crippen LogP contribution is 2.28. The van der Waals surface area contributed by atoms with Crippen molar-refractivity contribution in [2.24, 2.45) is 7.05 Å². The second kappa shape index (κ2) is 8.97. The van der Waals surface area contributed by atoms with Crippen molar-refractivity contribution in [2.45, 2.75) is 38.1 Å². The molecule has 29 heavy (non-hydrogen) atoms. The molecule has 2 atom stereocenters. The number of anilines is 1. The minimum absolute atomic E-state index is 0.0320. The molecule has 0 spiro atoms. The zero-order valence-electron chi connectivity index (χ0n) is 18.1. The van der Waals surface area contributed by atoms with Crippen molar-refractivity contribution in [3.63, 3.8) is 0 Å². The number of nitrogens with one attached hydrogen (secondary N) is 2. The zero-order chi connectivity index (χ0) is 21.0. The SMILES string of the molecule is COCCN1CC(NC(=O)Nc2cc(C(C)(C)C)nn2C)C(c2ccccc2)C1. The van der Waals surface area contributed by atoms with Crippen molar-refractivity contribution in [3.8, 4) is 0 Å². The minimum atomic E-state index is -0.201. The summed E-state index contributed by atoms with van der Waals surface area (Å²) >= 11 is 0. The Morgan fingerprint density at radius 1 is 1.24 bits per heavy atom. The summed E-state index contributed by atoms with van der Waals surface area (Å²) in [6.07, 6.45) is 0. The van der Waals surface area contributed by atoms with Crippen LogP contribution in [0.1, 0.15) is 37.9 Å². The standard InChI is InChI=1S/C22H33N5O2/c1-22(2,3)19-13-20(26(4)25-19)24-21(28)23-18-15-27(11-12-29-5)14-17(18)16-9-7-6-8-10-16/h6-10,13,17-18H,11-12,14-15H2,1-5H3,(H2,23,24,28). The van der Waals surface area contributed by atoms with Gasteiger partial charge >= 0.3 is 6.03 Å². The van der Waals surface area contributed by atoms with Crippen LogP contribution in [0.25, 0.3) is 0 Å².